The molecule has 0 aromatic heterocycles. The Bertz CT molecular complexity index is 580. The lowest BCUT2D eigenvalue weighted by Crippen LogP contribution is -3.14. The van der Waals surface area contributed by atoms with Gasteiger partial charge in [0.15, 0.2) is 0 Å². The molecule has 0 radical (unpaired) electrons. The third-order valence-corrected chi connectivity index (χ3v) is 4.54. The maximum atomic E-state index is 6.07. The molecule has 21 heavy (non-hydrogen) atoms. The molecule has 1 heterocycles. The van der Waals surface area contributed by atoms with Crippen LogP contribution in [0.5, 0.6) is 5.75 Å². The van der Waals surface area contributed by atoms with E-state index in [1.165, 1.54) is 30.3 Å². The SMILES string of the molecule is C[C@H]1C[C@H](C)C[NH+](CCOc2cccc3ccccc23)C1. The molecule has 1 aliphatic rings. The van der Waals surface area contributed by atoms with Crippen LogP contribution in [0.2, 0.25) is 0 Å². The highest BCUT2D eigenvalue weighted by Crippen LogP contribution is 2.24. The fourth-order valence-electron chi connectivity index (χ4n) is 3.75. The van der Waals surface area contributed by atoms with E-state index in [2.05, 4.69) is 56.3 Å². The fourth-order valence-corrected chi connectivity index (χ4v) is 3.75. The predicted octanol–water partition coefficient (Wildman–Crippen LogP) is 2.78. The Hall–Kier alpha value is -1.54. The first kappa shape index (κ1) is 14.4. The number of likely N-dealkylation sites (tertiary alicyclic amines) is 1. The minimum Gasteiger partial charge on any atom is -0.487 e. The van der Waals surface area contributed by atoms with Crippen LogP contribution in [-0.4, -0.2) is 26.2 Å². The molecule has 0 unspecified atom stereocenters. The van der Waals surface area contributed by atoms with Crippen LogP contribution in [0.25, 0.3) is 10.8 Å². The van der Waals surface area contributed by atoms with E-state index in [0.29, 0.717) is 0 Å². The molecule has 2 aromatic rings. The van der Waals surface area contributed by atoms with Gasteiger partial charge in [-0.2, -0.15) is 0 Å². The maximum Gasteiger partial charge on any atom is 0.137 e. The number of fused-ring (bicyclic) bond motifs is 1. The van der Waals surface area contributed by atoms with Gasteiger partial charge in [-0.3, -0.25) is 0 Å². The topological polar surface area (TPSA) is 13.7 Å². The summed E-state index contributed by atoms with van der Waals surface area (Å²) in [6, 6.07) is 14.7. The lowest BCUT2D eigenvalue weighted by molar-refractivity contribution is -0.912. The van der Waals surface area contributed by atoms with Gasteiger partial charge in [-0.15, -0.1) is 0 Å². The smallest absolute Gasteiger partial charge is 0.137 e. The highest BCUT2D eigenvalue weighted by molar-refractivity contribution is 5.88. The van der Waals surface area contributed by atoms with E-state index >= 15 is 0 Å². The molecular formula is C19H26NO+. The number of hydrogen-bond donors (Lipinski definition) is 1. The summed E-state index contributed by atoms with van der Waals surface area (Å²) in [4.78, 5) is 1.70. The summed E-state index contributed by atoms with van der Waals surface area (Å²) in [7, 11) is 0. The molecule has 3 rings (SSSR count). The normalized spacial score (nSPS) is 25.9. The monoisotopic (exact) mass is 284 g/mol. The third kappa shape index (κ3) is 3.56. The molecule has 2 heteroatoms. The van der Waals surface area contributed by atoms with Gasteiger partial charge in [0.2, 0.25) is 0 Å². The third-order valence-electron chi connectivity index (χ3n) is 4.54. The molecule has 2 nitrogen and oxygen atoms in total. The van der Waals surface area contributed by atoms with Crippen LogP contribution in [0.3, 0.4) is 0 Å². The van der Waals surface area contributed by atoms with Crippen LogP contribution in [-0.2, 0) is 0 Å². The van der Waals surface area contributed by atoms with Gasteiger partial charge in [-0.1, -0.05) is 50.2 Å². The molecule has 0 saturated carbocycles. The summed E-state index contributed by atoms with van der Waals surface area (Å²) in [5, 5.41) is 2.47. The highest BCUT2D eigenvalue weighted by Gasteiger charge is 2.24. The second-order valence-electron chi connectivity index (χ2n) is 6.68. The molecule has 1 aliphatic heterocycles. The van der Waals surface area contributed by atoms with Crippen molar-refractivity contribution in [3.05, 3.63) is 42.5 Å². The summed E-state index contributed by atoms with van der Waals surface area (Å²) in [5.74, 6) is 2.72. The Labute approximate surface area is 127 Å². The molecule has 0 aliphatic carbocycles. The van der Waals surface area contributed by atoms with Crippen LogP contribution in [0.4, 0.5) is 0 Å². The van der Waals surface area contributed by atoms with E-state index in [-0.39, 0.29) is 0 Å². The molecule has 2 aromatic carbocycles. The van der Waals surface area contributed by atoms with Crippen molar-refractivity contribution in [3.63, 3.8) is 0 Å². The molecule has 1 fully saturated rings. The molecule has 0 amide bonds. The molecule has 1 saturated heterocycles. The second kappa shape index (κ2) is 6.48. The number of nitrogens with one attached hydrogen (secondary N) is 1. The minimum absolute atomic E-state index is 0.808. The van der Waals surface area contributed by atoms with E-state index in [1.54, 1.807) is 4.90 Å². The average molecular weight is 284 g/mol. The van der Waals surface area contributed by atoms with Crippen molar-refractivity contribution in [2.45, 2.75) is 20.3 Å². The van der Waals surface area contributed by atoms with E-state index in [9.17, 15) is 0 Å². The molecule has 0 bridgehead atoms. The average Bonchev–Trinajstić information content (AvgIpc) is 2.46. The molecule has 112 valence electrons. The Kier molecular flexibility index (Phi) is 4.45. The van der Waals surface area contributed by atoms with Gasteiger partial charge in [0.25, 0.3) is 0 Å². The Balaban J connectivity index is 1.59. The van der Waals surface area contributed by atoms with Gasteiger partial charge >= 0.3 is 0 Å². The fraction of sp³-hybridized carbons (Fsp3) is 0.474. The number of piperidine rings is 1. The van der Waals surface area contributed by atoms with E-state index in [1.807, 2.05) is 0 Å². The lowest BCUT2D eigenvalue weighted by atomic mass is 9.92. The Morgan fingerprint density at radius 3 is 2.52 bits per heavy atom. The number of ether oxygens (including phenoxy) is 1. The van der Waals surface area contributed by atoms with Gasteiger partial charge in [0.05, 0.1) is 13.1 Å². The molecular weight excluding hydrogens is 258 g/mol. The summed E-state index contributed by atoms with van der Waals surface area (Å²) in [6.07, 6.45) is 1.38. The predicted molar refractivity (Wildman–Crippen MR) is 88.0 cm³/mol. The number of rotatable bonds is 4. The van der Waals surface area contributed by atoms with E-state index in [4.69, 9.17) is 4.74 Å². The van der Waals surface area contributed by atoms with Gasteiger partial charge in [-0.05, 0) is 17.9 Å². The zero-order valence-corrected chi connectivity index (χ0v) is 13.1. The Morgan fingerprint density at radius 2 is 1.71 bits per heavy atom. The number of quaternary nitrogens is 1. The largest absolute Gasteiger partial charge is 0.487 e. The van der Waals surface area contributed by atoms with Crippen molar-refractivity contribution in [1.29, 1.82) is 0 Å². The summed E-state index contributed by atoms with van der Waals surface area (Å²) in [6.45, 7) is 9.26. The minimum atomic E-state index is 0.808. The van der Waals surface area contributed by atoms with Gasteiger partial charge in [-0.25, -0.2) is 0 Å². The van der Waals surface area contributed by atoms with Crippen LogP contribution >= 0.6 is 0 Å². The molecule has 0 spiro atoms. The zero-order valence-electron chi connectivity index (χ0n) is 13.1. The first-order valence-corrected chi connectivity index (χ1v) is 8.16. The lowest BCUT2D eigenvalue weighted by Gasteiger charge is -2.31. The van der Waals surface area contributed by atoms with Crippen molar-refractivity contribution >= 4 is 10.8 Å². The van der Waals surface area contributed by atoms with Gasteiger partial charge in [0, 0.05) is 17.2 Å². The summed E-state index contributed by atoms with van der Waals surface area (Å²) in [5.41, 5.74) is 0. The van der Waals surface area contributed by atoms with Crippen LogP contribution < -0.4 is 9.64 Å². The highest BCUT2D eigenvalue weighted by atomic mass is 16.5. The summed E-state index contributed by atoms with van der Waals surface area (Å²) < 4.78 is 6.07. The van der Waals surface area contributed by atoms with Crippen molar-refractivity contribution < 1.29 is 9.64 Å². The second-order valence-corrected chi connectivity index (χ2v) is 6.68. The van der Waals surface area contributed by atoms with Crippen molar-refractivity contribution in [2.75, 3.05) is 26.2 Å². The Morgan fingerprint density at radius 1 is 1.00 bits per heavy atom. The van der Waals surface area contributed by atoms with Gasteiger partial charge < -0.3 is 9.64 Å². The zero-order chi connectivity index (χ0) is 14.7. The van der Waals surface area contributed by atoms with Crippen molar-refractivity contribution in [2.24, 2.45) is 11.8 Å². The number of benzene rings is 2. The maximum absolute atomic E-state index is 6.07. The number of hydrogen-bond acceptors (Lipinski definition) is 1. The summed E-state index contributed by atoms with van der Waals surface area (Å²) >= 11 is 0. The first-order chi connectivity index (χ1) is 10.2. The molecule has 2 atom stereocenters. The standard InChI is InChI=1S/C19H25NO/c1-15-12-16(2)14-20(13-15)10-11-21-19-9-5-7-17-6-3-4-8-18(17)19/h3-9,15-16H,10-14H2,1-2H3/p+1/t15-,16-/m0/s1. The van der Waals surface area contributed by atoms with Crippen molar-refractivity contribution in [3.8, 4) is 5.75 Å². The molecule has 1 N–H and O–H groups in total. The van der Waals surface area contributed by atoms with Crippen LogP contribution in [0.15, 0.2) is 42.5 Å². The van der Waals surface area contributed by atoms with E-state index < -0.39 is 0 Å². The van der Waals surface area contributed by atoms with Crippen molar-refractivity contribution in [1.82, 2.24) is 0 Å². The van der Waals surface area contributed by atoms with Crippen LogP contribution in [0.1, 0.15) is 20.3 Å². The van der Waals surface area contributed by atoms with Crippen LogP contribution in [0, 0.1) is 11.8 Å². The first-order valence-electron chi connectivity index (χ1n) is 8.16. The van der Waals surface area contributed by atoms with E-state index in [0.717, 1.165) is 30.7 Å². The van der Waals surface area contributed by atoms with Gasteiger partial charge in [0.1, 0.15) is 18.9 Å². The quantitative estimate of drug-likeness (QED) is 0.911.